The van der Waals surface area contributed by atoms with Gasteiger partial charge in [0.15, 0.2) is 11.5 Å². The molecule has 0 radical (unpaired) electrons. The molecule has 2 aliphatic rings. The lowest BCUT2D eigenvalue weighted by Crippen LogP contribution is -2.59. The summed E-state index contributed by atoms with van der Waals surface area (Å²) >= 11 is 0. The first-order valence-corrected chi connectivity index (χ1v) is 11.4. The van der Waals surface area contributed by atoms with Crippen molar-refractivity contribution in [2.75, 3.05) is 43.9 Å². The highest BCUT2D eigenvalue weighted by Gasteiger charge is 2.37. The molecule has 3 rings (SSSR count). The van der Waals surface area contributed by atoms with Gasteiger partial charge in [0.1, 0.15) is 17.9 Å². The number of nitrogens with zero attached hydrogens (tertiary/aromatic N) is 5. The van der Waals surface area contributed by atoms with Crippen molar-refractivity contribution in [1.82, 2.24) is 19.8 Å². The van der Waals surface area contributed by atoms with E-state index in [0.29, 0.717) is 25.5 Å². The van der Waals surface area contributed by atoms with Crippen LogP contribution in [0, 0.1) is 0 Å². The third-order valence-corrected chi connectivity index (χ3v) is 6.07. The van der Waals surface area contributed by atoms with Crippen LogP contribution in [0.4, 0.5) is 16.3 Å². The highest BCUT2D eigenvalue weighted by atomic mass is 16.6. The number of ether oxygens (including phenoxy) is 2. The number of nitrogen functional groups attached to an aromatic ring is 1. The highest BCUT2D eigenvalue weighted by molar-refractivity contribution is 5.94. The summed E-state index contributed by atoms with van der Waals surface area (Å²) in [5, 5.41) is 9.65. The lowest BCUT2D eigenvalue weighted by Gasteiger charge is -2.44. The van der Waals surface area contributed by atoms with Crippen molar-refractivity contribution < 1.29 is 24.2 Å². The number of likely N-dealkylation sites (N-methyl/N-ethyl adjacent to an activating group) is 1. The summed E-state index contributed by atoms with van der Waals surface area (Å²) in [6.45, 7) is 11.5. The number of likely N-dealkylation sites (tertiary alicyclic amines) is 1. The summed E-state index contributed by atoms with van der Waals surface area (Å²) in [6, 6.07) is -0.151. The zero-order valence-electron chi connectivity index (χ0n) is 20.4. The number of hydrogen-bond acceptors (Lipinski definition) is 9. The van der Waals surface area contributed by atoms with Crippen LogP contribution in [0.1, 0.15) is 57.9 Å². The van der Waals surface area contributed by atoms with Gasteiger partial charge in [-0.1, -0.05) is 0 Å². The molecule has 3 N–H and O–H groups in total. The maximum absolute atomic E-state index is 12.6. The predicted molar refractivity (Wildman–Crippen MR) is 124 cm³/mol. The van der Waals surface area contributed by atoms with Crippen LogP contribution in [0.25, 0.3) is 0 Å². The second kappa shape index (κ2) is 9.58. The SMILES string of the molecule is C[C@H]1CN(c2nc(OCC3CCCN3C)nc(C(=O)O)c2N)[C@@H](C)CN1C(=O)OC(C)(C)C. The van der Waals surface area contributed by atoms with Crippen LogP contribution in [0.3, 0.4) is 0 Å². The molecule has 1 aromatic heterocycles. The van der Waals surface area contributed by atoms with Gasteiger partial charge in [0.2, 0.25) is 0 Å². The molecule has 0 spiro atoms. The topological polar surface area (TPSA) is 134 Å². The minimum absolute atomic E-state index is 0.00803. The molecule has 0 aliphatic carbocycles. The molecule has 3 atom stereocenters. The quantitative estimate of drug-likeness (QED) is 0.667. The van der Waals surface area contributed by atoms with E-state index in [1.807, 2.05) is 46.6 Å². The summed E-state index contributed by atoms with van der Waals surface area (Å²) in [5.41, 5.74) is 5.30. The molecule has 0 saturated carbocycles. The number of piperazine rings is 1. The molecular formula is C22H36N6O5. The molecule has 2 fully saturated rings. The molecule has 1 amide bonds. The summed E-state index contributed by atoms with van der Waals surface area (Å²) in [7, 11) is 2.03. The molecule has 11 nitrogen and oxygen atoms in total. The Kier molecular flexibility index (Phi) is 7.20. The fraction of sp³-hybridized carbons (Fsp3) is 0.727. The number of aromatic carboxylic acids is 1. The monoisotopic (exact) mass is 464 g/mol. The number of aromatic nitrogens is 2. The summed E-state index contributed by atoms with van der Waals surface area (Å²) < 4.78 is 11.4. The second-order valence-electron chi connectivity index (χ2n) is 9.97. The number of anilines is 2. The number of rotatable bonds is 5. The normalized spacial score (nSPS) is 24.1. The van der Waals surface area contributed by atoms with Crippen molar-refractivity contribution in [3.8, 4) is 6.01 Å². The Balaban J connectivity index is 1.83. The zero-order chi connectivity index (χ0) is 24.5. The van der Waals surface area contributed by atoms with Gasteiger partial charge in [0.05, 0.1) is 0 Å². The molecule has 0 aromatic carbocycles. The maximum atomic E-state index is 12.6. The van der Waals surface area contributed by atoms with E-state index in [1.165, 1.54) is 0 Å². The minimum atomic E-state index is -1.24. The number of carboxylic acid groups (broad SMARTS) is 1. The van der Waals surface area contributed by atoms with Crippen LogP contribution in [-0.4, -0.2) is 94.0 Å². The van der Waals surface area contributed by atoms with Crippen molar-refractivity contribution in [1.29, 1.82) is 0 Å². The smallest absolute Gasteiger partial charge is 0.410 e. The highest BCUT2D eigenvalue weighted by Crippen LogP contribution is 2.31. The van der Waals surface area contributed by atoms with E-state index in [2.05, 4.69) is 14.9 Å². The average Bonchev–Trinajstić information content (AvgIpc) is 3.12. The first-order chi connectivity index (χ1) is 15.4. The Labute approximate surface area is 194 Å². The molecule has 184 valence electrons. The van der Waals surface area contributed by atoms with Crippen molar-refractivity contribution in [2.24, 2.45) is 0 Å². The lowest BCUT2D eigenvalue weighted by molar-refractivity contribution is 0.0129. The van der Waals surface area contributed by atoms with Gasteiger partial charge >= 0.3 is 18.1 Å². The summed E-state index contributed by atoms with van der Waals surface area (Å²) in [5.74, 6) is -0.938. The van der Waals surface area contributed by atoms with E-state index >= 15 is 0 Å². The Morgan fingerprint density at radius 3 is 2.45 bits per heavy atom. The van der Waals surface area contributed by atoms with Crippen molar-refractivity contribution >= 4 is 23.6 Å². The van der Waals surface area contributed by atoms with E-state index in [0.717, 1.165) is 19.4 Å². The van der Waals surface area contributed by atoms with Crippen LogP contribution < -0.4 is 15.4 Å². The van der Waals surface area contributed by atoms with Gasteiger partial charge in [0, 0.05) is 31.2 Å². The van der Waals surface area contributed by atoms with Gasteiger partial charge < -0.3 is 35.0 Å². The standard InChI is InChI=1S/C22H36N6O5/c1-13-11-28(21(31)33-22(3,4)5)14(2)10-27(13)18-16(23)17(19(29)30)24-20(25-18)32-12-15-8-7-9-26(15)6/h13-15H,7-12,23H2,1-6H3,(H,29,30)/t13-,14-,15?/m0/s1. The van der Waals surface area contributed by atoms with Crippen LogP contribution in [-0.2, 0) is 4.74 Å². The van der Waals surface area contributed by atoms with Crippen LogP contribution in [0.2, 0.25) is 0 Å². The van der Waals surface area contributed by atoms with Gasteiger partial charge in [-0.25, -0.2) is 9.59 Å². The van der Waals surface area contributed by atoms with Gasteiger partial charge in [-0.15, -0.1) is 0 Å². The number of carbonyl (C=O) groups is 2. The first-order valence-electron chi connectivity index (χ1n) is 11.4. The summed E-state index contributed by atoms with van der Waals surface area (Å²) in [6.07, 6.45) is 1.72. The predicted octanol–water partition coefficient (Wildman–Crippen LogP) is 2.06. The van der Waals surface area contributed by atoms with Gasteiger partial charge in [-0.05, 0) is 61.1 Å². The van der Waals surface area contributed by atoms with E-state index in [4.69, 9.17) is 15.2 Å². The van der Waals surface area contributed by atoms with Crippen molar-refractivity contribution in [3.05, 3.63) is 5.69 Å². The van der Waals surface area contributed by atoms with Crippen LogP contribution >= 0.6 is 0 Å². The van der Waals surface area contributed by atoms with E-state index in [9.17, 15) is 14.7 Å². The number of hydrogen-bond donors (Lipinski definition) is 2. The molecule has 3 heterocycles. The van der Waals surface area contributed by atoms with Crippen molar-refractivity contribution in [3.63, 3.8) is 0 Å². The zero-order valence-corrected chi connectivity index (χ0v) is 20.4. The van der Waals surface area contributed by atoms with Gasteiger partial charge in [-0.2, -0.15) is 9.97 Å². The largest absolute Gasteiger partial charge is 0.476 e. The van der Waals surface area contributed by atoms with Crippen LogP contribution in [0.15, 0.2) is 0 Å². The molecule has 33 heavy (non-hydrogen) atoms. The fourth-order valence-electron chi connectivity index (χ4n) is 4.24. The first kappa shape index (κ1) is 24.8. The Hall–Kier alpha value is -2.82. The van der Waals surface area contributed by atoms with E-state index in [-0.39, 0.29) is 41.6 Å². The third-order valence-electron chi connectivity index (χ3n) is 6.07. The second-order valence-corrected chi connectivity index (χ2v) is 9.97. The lowest BCUT2D eigenvalue weighted by atomic mass is 10.1. The molecule has 11 heteroatoms. The van der Waals surface area contributed by atoms with Gasteiger partial charge in [-0.3, -0.25) is 0 Å². The number of carbonyl (C=O) groups excluding carboxylic acids is 1. The molecule has 1 aromatic rings. The number of nitrogens with two attached hydrogens (primary N) is 1. The molecule has 2 saturated heterocycles. The van der Waals surface area contributed by atoms with E-state index in [1.54, 1.807) is 4.90 Å². The Morgan fingerprint density at radius 1 is 1.18 bits per heavy atom. The third kappa shape index (κ3) is 5.76. The molecule has 2 aliphatic heterocycles. The molecular weight excluding hydrogens is 428 g/mol. The van der Waals surface area contributed by atoms with Crippen LogP contribution in [0.5, 0.6) is 6.01 Å². The van der Waals surface area contributed by atoms with E-state index < -0.39 is 11.6 Å². The molecule has 0 bridgehead atoms. The number of carboxylic acids is 1. The van der Waals surface area contributed by atoms with Gasteiger partial charge in [0.25, 0.3) is 0 Å². The maximum Gasteiger partial charge on any atom is 0.410 e. The molecule has 1 unspecified atom stereocenters. The Morgan fingerprint density at radius 2 is 1.88 bits per heavy atom. The van der Waals surface area contributed by atoms with Crippen molar-refractivity contribution in [2.45, 2.75) is 71.2 Å². The summed E-state index contributed by atoms with van der Waals surface area (Å²) in [4.78, 5) is 38.8. The minimum Gasteiger partial charge on any atom is -0.476 e. The Bertz CT molecular complexity index is 889. The average molecular weight is 465 g/mol. The fourth-order valence-corrected chi connectivity index (χ4v) is 4.24. The number of amides is 1.